The second kappa shape index (κ2) is 8.77. The number of thioether (sulfide) groups is 1. The van der Waals surface area contributed by atoms with Crippen molar-refractivity contribution in [1.82, 2.24) is 15.5 Å². The van der Waals surface area contributed by atoms with Crippen molar-refractivity contribution in [3.05, 3.63) is 58.4 Å². The maximum absolute atomic E-state index is 12.3. The summed E-state index contributed by atoms with van der Waals surface area (Å²) in [5.41, 5.74) is 8.65. The van der Waals surface area contributed by atoms with E-state index in [1.54, 1.807) is 17.5 Å². The van der Waals surface area contributed by atoms with Gasteiger partial charge in [0.25, 0.3) is 5.91 Å². The molecule has 3 unspecified atom stereocenters. The molecule has 2 aliphatic carbocycles. The van der Waals surface area contributed by atoms with Crippen molar-refractivity contribution < 1.29 is 24.3 Å². The highest BCUT2D eigenvalue weighted by Gasteiger charge is 2.52. The highest BCUT2D eigenvalue weighted by Crippen LogP contribution is 2.39. The summed E-state index contributed by atoms with van der Waals surface area (Å²) in [5.74, 6) is -2.53. The van der Waals surface area contributed by atoms with Gasteiger partial charge >= 0.3 is 5.97 Å². The zero-order valence-electron chi connectivity index (χ0n) is 16.8. The van der Waals surface area contributed by atoms with Crippen LogP contribution in [0.2, 0.25) is 0 Å². The molecule has 1 saturated heterocycles. The fourth-order valence-electron chi connectivity index (χ4n) is 3.31. The van der Waals surface area contributed by atoms with E-state index in [2.05, 4.69) is 34.9 Å². The molecule has 2 aliphatic heterocycles. The molecule has 3 heterocycles. The van der Waals surface area contributed by atoms with Gasteiger partial charge in [0.05, 0.1) is 5.57 Å². The molecule has 1 aromatic rings. The first-order valence-corrected chi connectivity index (χ1v) is 11.5. The maximum Gasteiger partial charge on any atom is 0.336 e. The molecule has 9 nitrogen and oxygen atoms in total. The van der Waals surface area contributed by atoms with Crippen molar-refractivity contribution in [2.75, 3.05) is 0 Å². The number of amides is 3. The number of β-lactam (4-membered cyclic amide) rings is 1. The Morgan fingerprint density at radius 2 is 1.88 bits per heavy atom. The fraction of sp³-hybridized carbons (Fsp3) is 0.238. The van der Waals surface area contributed by atoms with Crippen molar-refractivity contribution in [1.29, 1.82) is 0 Å². The van der Waals surface area contributed by atoms with Gasteiger partial charge in [0.2, 0.25) is 11.8 Å². The van der Waals surface area contributed by atoms with E-state index in [1.165, 1.54) is 40.5 Å². The minimum Gasteiger partial charge on any atom is -0.478 e. The molecule has 32 heavy (non-hydrogen) atoms. The maximum atomic E-state index is 12.3. The van der Waals surface area contributed by atoms with Crippen LogP contribution in [0.25, 0.3) is 11.1 Å². The van der Waals surface area contributed by atoms with Crippen LogP contribution < -0.4 is 16.4 Å². The molecule has 0 radical (unpaired) electrons. The molecule has 3 amide bonds. The quantitative estimate of drug-likeness (QED) is 0.409. The number of aliphatic carboxylic acids is 1. The van der Waals surface area contributed by atoms with Gasteiger partial charge in [0.1, 0.15) is 22.8 Å². The molecular formula is C21H20N4O5S2. The van der Waals surface area contributed by atoms with Crippen molar-refractivity contribution >= 4 is 46.8 Å². The lowest BCUT2D eigenvalue weighted by atomic mass is 10.1. The Bertz CT molecular complexity index is 1100. The third-order valence-electron chi connectivity index (χ3n) is 5.04. The lowest BCUT2D eigenvalue weighted by Crippen LogP contribution is -2.70. The number of fused-ring (bicyclic) bond motifs is 2. The molecule has 5 rings (SSSR count). The van der Waals surface area contributed by atoms with Crippen LogP contribution in [0.4, 0.5) is 0 Å². The second-order valence-electron chi connectivity index (χ2n) is 7.30. The van der Waals surface area contributed by atoms with E-state index in [-0.39, 0.29) is 5.57 Å². The van der Waals surface area contributed by atoms with Gasteiger partial charge in [-0.15, -0.1) is 23.1 Å². The Hall–Kier alpha value is -3.15. The summed E-state index contributed by atoms with van der Waals surface area (Å²) in [6.07, 6.45) is 1.20. The van der Waals surface area contributed by atoms with Crippen LogP contribution in [-0.4, -0.2) is 50.5 Å². The van der Waals surface area contributed by atoms with Crippen LogP contribution in [0.5, 0.6) is 0 Å². The minimum atomic E-state index is -1.23. The van der Waals surface area contributed by atoms with E-state index in [0.29, 0.717) is 4.88 Å². The van der Waals surface area contributed by atoms with Crippen LogP contribution in [0.15, 0.2) is 53.6 Å². The third kappa shape index (κ3) is 4.40. The monoisotopic (exact) mass is 472 g/mol. The Morgan fingerprint density at radius 1 is 1.16 bits per heavy atom. The van der Waals surface area contributed by atoms with Gasteiger partial charge in [-0.3, -0.25) is 14.4 Å². The second-order valence-corrected chi connectivity index (χ2v) is 9.51. The summed E-state index contributed by atoms with van der Waals surface area (Å²) in [5, 5.41) is 14.9. The zero-order valence-corrected chi connectivity index (χ0v) is 18.5. The lowest BCUT2D eigenvalue weighted by molar-refractivity contribution is -0.145. The largest absolute Gasteiger partial charge is 0.478 e. The molecule has 0 aromatic carbocycles. The number of carboxylic acid groups (broad SMARTS) is 1. The van der Waals surface area contributed by atoms with E-state index < -0.39 is 46.5 Å². The predicted molar refractivity (Wildman–Crippen MR) is 120 cm³/mol. The first kappa shape index (κ1) is 22.1. The molecule has 5 N–H and O–H groups in total. The van der Waals surface area contributed by atoms with Gasteiger partial charge in [0, 0.05) is 18.0 Å². The number of nitrogens with one attached hydrogen (secondary N) is 2. The molecule has 0 saturated carbocycles. The van der Waals surface area contributed by atoms with E-state index in [1.807, 2.05) is 0 Å². The van der Waals surface area contributed by atoms with Crippen LogP contribution in [0, 0.1) is 0 Å². The predicted octanol–water partition coefficient (Wildman–Crippen LogP) is 1.25. The van der Waals surface area contributed by atoms with E-state index in [9.17, 15) is 24.3 Å². The van der Waals surface area contributed by atoms with Gasteiger partial charge in [-0.05, 0) is 28.6 Å². The molecular weight excluding hydrogens is 452 g/mol. The van der Waals surface area contributed by atoms with Gasteiger partial charge in [-0.1, -0.05) is 24.3 Å². The van der Waals surface area contributed by atoms with Gasteiger partial charge in [-0.2, -0.15) is 0 Å². The number of carbonyl (C=O) groups excluding carboxylic acids is 3. The standard InChI is InChI=1S/C15H16N4O5S2.C6H4/c1-6(20)17-12-7(15(23)24)5-19-13(22)10(14(19)26-12)18-11(21)9(16)8-3-2-4-25-8;1-2-5-4-6(5)3-1/h2-5,9-10,12,14H,16H2,1H3,(H,17,20)(H,18,21)(H,23,24);1-4H/t9?,10?,12?,14-;/m1./s1. The van der Waals surface area contributed by atoms with Crippen LogP contribution in [0.3, 0.4) is 0 Å². The van der Waals surface area contributed by atoms with E-state index in [0.717, 1.165) is 11.8 Å². The first-order chi connectivity index (χ1) is 15.3. The van der Waals surface area contributed by atoms with Gasteiger partial charge < -0.3 is 26.4 Å². The molecule has 4 aliphatic rings. The topological polar surface area (TPSA) is 142 Å². The average molecular weight is 473 g/mol. The summed E-state index contributed by atoms with van der Waals surface area (Å²) < 4.78 is 0. The molecule has 1 fully saturated rings. The normalized spacial score (nSPS) is 22.8. The number of nitrogens with two attached hydrogens (primary N) is 1. The minimum absolute atomic E-state index is 0.102. The number of carboxylic acids is 1. The summed E-state index contributed by atoms with van der Waals surface area (Å²) in [6.45, 7) is 1.28. The summed E-state index contributed by atoms with van der Waals surface area (Å²) in [6, 6.07) is 10.3. The summed E-state index contributed by atoms with van der Waals surface area (Å²) in [4.78, 5) is 49.2. The summed E-state index contributed by atoms with van der Waals surface area (Å²) >= 11 is 2.42. The number of hydrogen-bond donors (Lipinski definition) is 4. The van der Waals surface area contributed by atoms with Crippen LogP contribution in [-0.2, 0) is 19.2 Å². The van der Waals surface area contributed by atoms with Crippen LogP contribution >= 0.6 is 23.1 Å². The molecule has 0 spiro atoms. The summed E-state index contributed by atoms with van der Waals surface area (Å²) in [7, 11) is 0. The Balaban J connectivity index is 0.000000346. The molecule has 4 atom stereocenters. The third-order valence-corrected chi connectivity index (χ3v) is 7.42. The number of hydrogen-bond acceptors (Lipinski definition) is 7. The van der Waals surface area contributed by atoms with Crippen molar-refractivity contribution in [2.24, 2.45) is 5.73 Å². The number of rotatable bonds is 5. The number of benzene rings is 1. The smallest absolute Gasteiger partial charge is 0.336 e. The molecule has 166 valence electrons. The zero-order chi connectivity index (χ0) is 23.0. The first-order valence-electron chi connectivity index (χ1n) is 9.66. The molecule has 0 bridgehead atoms. The highest BCUT2D eigenvalue weighted by molar-refractivity contribution is 8.00. The van der Waals surface area contributed by atoms with E-state index in [4.69, 9.17) is 5.73 Å². The van der Waals surface area contributed by atoms with Crippen LogP contribution in [0.1, 0.15) is 17.8 Å². The number of nitrogens with zero attached hydrogens (tertiary/aromatic N) is 1. The lowest BCUT2D eigenvalue weighted by Gasteiger charge is -2.48. The van der Waals surface area contributed by atoms with Crippen molar-refractivity contribution in [2.45, 2.75) is 29.8 Å². The van der Waals surface area contributed by atoms with Crippen molar-refractivity contribution in [3.8, 4) is 11.1 Å². The Morgan fingerprint density at radius 3 is 2.38 bits per heavy atom. The Kier molecular flexibility index (Phi) is 6.04. The fourth-order valence-corrected chi connectivity index (χ4v) is 5.49. The van der Waals surface area contributed by atoms with Gasteiger partial charge in [0.15, 0.2) is 0 Å². The number of thiophene rings is 1. The molecule has 11 heteroatoms. The number of carbonyl (C=O) groups is 4. The SMILES string of the molecule is CC(=O)NC1S[C@@H]2C(NC(=O)C(N)c3cccs3)C(=O)N2C=C1C(=O)O.c1cc2cc-2c1. The average Bonchev–Trinajstić information content (AvgIpc) is 3.13. The van der Waals surface area contributed by atoms with Crippen molar-refractivity contribution in [3.63, 3.8) is 0 Å². The highest BCUT2D eigenvalue weighted by atomic mass is 32.2. The van der Waals surface area contributed by atoms with Gasteiger partial charge in [-0.25, -0.2) is 4.79 Å². The molecule has 1 aromatic heterocycles. The Labute approximate surface area is 191 Å². The van der Waals surface area contributed by atoms with E-state index >= 15 is 0 Å².